The number of rotatable bonds is 7. The van der Waals surface area contributed by atoms with E-state index < -0.39 is 0 Å². The highest BCUT2D eigenvalue weighted by atomic mass is 32.2. The quantitative estimate of drug-likeness (QED) is 0.596. The van der Waals surface area contributed by atoms with Gasteiger partial charge in [0.25, 0.3) is 0 Å². The summed E-state index contributed by atoms with van der Waals surface area (Å²) in [6.45, 7) is 2.74. The molecule has 5 aliphatic carbocycles. The highest BCUT2D eigenvalue weighted by Gasteiger charge is 2.55. The highest BCUT2D eigenvalue weighted by Crippen LogP contribution is 2.61. The van der Waals surface area contributed by atoms with Gasteiger partial charge in [-0.15, -0.1) is 10.2 Å². The van der Waals surface area contributed by atoms with Gasteiger partial charge < -0.3 is 4.42 Å². The third kappa shape index (κ3) is 3.18. The number of carbonyl (C=O) groups excluding carboxylic acids is 1. The summed E-state index contributed by atoms with van der Waals surface area (Å²) in [5.41, 5.74) is -0.0493. The van der Waals surface area contributed by atoms with Crippen molar-refractivity contribution in [1.82, 2.24) is 14.8 Å². The second-order valence-corrected chi connectivity index (χ2v) is 11.4. The molecule has 0 radical (unpaired) electrons. The molecule has 5 saturated carbocycles. The van der Waals surface area contributed by atoms with Gasteiger partial charge in [0.15, 0.2) is 10.9 Å². The summed E-state index contributed by atoms with van der Waals surface area (Å²) >= 11 is 1.61. The molecule has 0 spiro atoms. The van der Waals surface area contributed by atoms with Crippen LogP contribution < -0.4 is 0 Å². The minimum absolute atomic E-state index is 0.0493. The van der Waals surface area contributed by atoms with Gasteiger partial charge in [-0.1, -0.05) is 11.8 Å². The Hall–Kier alpha value is -1.56. The maximum Gasteiger partial charge on any atom is 0.192 e. The fourth-order valence-corrected chi connectivity index (χ4v) is 7.84. The summed E-state index contributed by atoms with van der Waals surface area (Å²) in [6, 6.07) is 3.91. The Morgan fingerprint density at radius 1 is 1.21 bits per heavy atom. The average molecular weight is 412 g/mol. The molecule has 0 amide bonds. The first-order valence-electron chi connectivity index (χ1n) is 11.3. The minimum Gasteiger partial charge on any atom is -0.467 e. The Labute approximate surface area is 176 Å². The lowest BCUT2D eigenvalue weighted by Crippen LogP contribution is -2.51. The lowest BCUT2D eigenvalue weighted by atomic mass is 9.48. The molecule has 2 aromatic rings. The Kier molecular flexibility index (Phi) is 4.23. The van der Waals surface area contributed by atoms with Crippen LogP contribution in [0, 0.1) is 23.2 Å². The third-order valence-corrected chi connectivity index (χ3v) is 8.87. The Balaban J connectivity index is 1.24. The Bertz CT molecular complexity index is 879. The predicted octanol–water partition coefficient (Wildman–Crippen LogP) is 5.06. The SMILES string of the molecule is C[C@H](Sc1nnc(C2CC2)n1Cc1ccco1)C(=O)C12CC3CC(CC(C3)C1)C2. The van der Waals surface area contributed by atoms with E-state index in [9.17, 15) is 4.79 Å². The van der Waals surface area contributed by atoms with E-state index in [1.165, 1.54) is 32.1 Å². The summed E-state index contributed by atoms with van der Waals surface area (Å²) < 4.78 is 7.77. The number of hydrogen-bond acceptors (Lipinski definition) is 5. The van der Waals surface area contributed by atoms with E-state index in [-0.39, 0.29) is 10.7 Å². The zero-order valence-electron chi connectivity index (χ0n) is 17.0. The van der Waals surface area contributed by atoms with E-state index in [0.29, 0.717) is 18.2 Å². The molecule has 4 bridgehead atoms. The van der Waals surface area contributed by atoms with Gasteiger partial charge in [-0.25, -0.2) is 0 Å². The predicted molar refractivity (Wildman–Crippen MR) is 111 cm³/mol. The van der Waals surface area contributed by atoms with E-state index in [1.54, 1.807) is 18.0 Å². The van der Waals surface area contributed by atoms with Gasteiger partial charge in [0, 0.05) is 11.3 Å². The number of furan rings is 1. The molecule has 5 fully saturated rings. The molecule has 154 valence electrons. The van der Waals surface area contributed by atoms with Gasteiger partial charge in [0.05, 0.1) is 18.1 Å². The summed E-state index contributed by atoms with van der Waals surface area (Å²) in [5.74, 6) is 5.35. The largest absolute Gasteiger partial charge is 0.467 e. The smallest absolute Gasteiger partial charge is 0.192 e. The molecule has 29 heavy (non-hydrogen) atoms. The van der Waals surface area contributed by atoms with Crippen molar-refractivity contribution >= 4 is 17.5 Å². The van der Waals surface area contributed by atoms with Crippen LogP contribution in [0.2, 0.25) is 0 Å². The fraction of sp³-hybridized carbons (Fsp3) is 0.696. The van der Waals surface area contributed by atoms with Crippen molar-refractivity contribution in [2.45, 2.75) is 81.2 Å². The van der Waals surface area contributed by atoms with Gasteiger partial charge in [0.1, 0.15) is 11.6 Å². The van der Waals surface area contributed by atoms with Gasteiger partial charge in [-0.05, 0) is 88.2 Å². The number of aromatic nitrogens is 3. The van der Waals surface area contributed by atoms with E-state index >= 15 is 0 Å². The zero-order valence-corrected chi connectivity index (χ0v) is 17.9. The number of hydrogen-bond donors (Lipinski definition) is 0. The topological polar surface area (TPSA) is 60.9 Å². The minimum atomic E-state index is -0.0714. The maximum absolute atomic E-state index is 13.7. The van der Waals surface area contributed by atoms with Crippen molar-refractivity contribution in [1.29, 1.82) is 0 Å². The van der Waals surface area contributed by atoms with E-state index in [4.69, 9.17) is 4.42 Å². The first kappa shape index (κ1) is 18.2. The van der Waals surface area contributed by atoms with Crippen molar-refractivity contribution in [3.05, 3.63) is 30.0 Å². The summed E-state index contributed by atoms with van der Waals surface area (Å²) in [4.78, 5) is 13.7. The Morgan fingerprint density at radius 3 is 2.48 bits per heavy atom. The molecule has 2 aromatic heterocycles. The maximum atomic E-state index is 13.7. The van der Waals surface area contributed by atoms with Crippen LogP contribution in [0.1, 0.15) is 75.8 Å². The van der Waals surface area contributed by atoms with Crippen LogP contribution in [0.5, 0.6) is 0 Å². The van der Waals surface area contributed by atoms with Crippen molar-refractivity contribution < 1.29 is 9.21 Å². The molecule has 0 aliphatic heterocycles. The number of carbonyl (C=O) groups is 1. The van der Waals surface area contributed by atoms with Crippen LogP contribution in [-0.4, -0.2) is 25.8 Å². The molecule has 0 N–H and O–H groups in total. The number of nitrogens with zero attached hydrogens (tertiary/aromatic N) is 3. The molecule has 7 rings (SSSR count). The van der Waals surface area contributed by atoms with Crippen LogP contribution in [0.4, 0.5) is 0 Å². The van der Waals surface area contributed by atoms with Crippen LogP contribution >= 0.6 is 11.8 Å². The molecule has 5 aliphatic rings. The van der Waals surface area contributed by atoms with Crippen LogP contribution in [-0.2, 0) is 11.3 Å². The van der Waals surface area contributed by atoms with Crippen LogP contribution in [0.3, 0.4) is 0 Å². The molecule has 1 atom stereocenters. The molecule has 6 heteroatoms. The molecule has 0 aromatic carbocycles. The molecule has 0 saturated heterocycles. The van der Waals surface area contributed by atoms with Crippen molar-refractivity contribution in [2.24, 2.45) is 23.2 Å². The number of Topliss-reactive ketones (excluding diaryl/α,β-unsaturated/α-hetero) is 1. The van der Waals surface area contributed by atoms with Crippen LogP contribution in [0.15, 0.2) is 28.0 Å². The van der Waals surface area contributed by atoms with E-state index in [2.05, 4.69) is 21.7 Å². The van der Waals surface area contributed by atoms with Crippen molar-refractivity contribution in [3.63, 3.8) is 0 Å². The standard InChI is InChI=1S/C23H29N3O2S/c1-14(20(27)23-10-15-7-16(11-23)9-17(8-15)12-23)29-22-25-24-21(18-4-5-18)26(22)13-19-3-2-6-28-19/h2-3,6,14-18H,4-5,7-13H2,1H3/t14-,15?,16?,17?,23?/m0/s1. The summed E-state index contributed by atoms with van der Waals surface area (Å²) in [6.07, 6.45) is 11.6. The lowest BCUT2D eigenvalue weighted by Gasteiger charge is -2.56. The second-order valence-electron chi connectivity index (χ2n) is 10.1. The van der Waals surface area contributed by atoms with Crippen LogP contribution in [0.25, 0.3) is 0 Å². The van der Waals surface area contributed by atoms with Crippen molar-refractivity contribution in [2.75, 3.05) is 0 Å². The third-order valence-electron chi connectivity index (χ3n) is 7.79. The monoisotopic (exact) mass is 411 g/mol. The zero-order chi connectivity index (χ0) is 19.6. The fourth-order valence-electron chi connectivity index (χ4n) is 6.79. The molecule has 5 nitrogen and oxygen atoms in total. The Morgan fingerprint density at radius 2 is 1.90 bits per heavy atom. The molecule has 0 unspecified atom stereocenters. The molecular weight excluding hydrogens is 382 g/mol. The van der Waals surface area contributed by atoms with Gasteiger partial charge in [0.2, 0.25) is 0 Å². The summed E-state index contributed by atoms with van der Waals surface area (Å²) in [5, 5.41) is 9.81. The second kappa shape index (κ2) is 6.73. The first-order valence-corrected chi connectivity index (χ1v) is 12.1. The van der Waals surface area contributed by atoms with Gasteiger partial charge >= 0.3 is 0 Å². The van der Waals surface area contributed by atoms with E-state index in [0.717, 1.165) is 53.8 Å². The van der Waals surface area contributed by atoms with Crippen molar-refractivity contribution in [3.8, 4) is 0 Å². The first-order chi connectivity index (χ1) is 14.1. The normalized spacial score (nSPS) is 33.9. The molecule has 2 heterocycles. The van der Waals surface area contributed by atoms with Gasteiger partial charge in [-0.2, -0.15) is 0 Å². The average Bonchev–Trinajstić information content (AvgIpc) is 3.26. The lowest BCUT2D eigenvalue weighted by molar-refractivity contribution is -0.142. The number of thioether (sulfide) groups is 1. The summed E-state index contributed by atoms with van der Waals surface area (Å²) in [7, 11) is 0. The highest BCUT2D eigenvalue weighted by molar-refractivity contribution is 8.00. The van der Waals surface area contributed by atoms with Gasteiger partial charge in [-0.3, -0.25) is 9.36 Å². The molecular formula is C23H29N3O2S. The van der Waals surface area contributed by atoms with E-state index in [1.807, 2.05) is 12.1 Å². The number of ketones is 1.